The van der Waals surface area contributed by atoms with Gasteiger partial charge in [0.2, 0.25) is 0 Å². The molecule has 0 N–H and O–H groups in total. The molecule has 1 aromatic heterocycles. The summed E-state index contributed by atoms with van der Waals surface area (Å²) in [6.07, 6.45) is 2.48. The Kier molecular flexibility index (Phi) is 2.37. The molecule has 0 aliphatic carbocycles. The number of rotatable bonds is 2. The highest BCUT2D eigenvalue weighted by Gasteiger charge is 1.98. The normalized spacial score (nSPS) is 10.2. The van der Waals surface area contributed by atoms with E-state index < -0.39 is 0 Å². The summed E-state index contributed by atoms with van der Waals surface area (Å²) < 4.78 is 5.23. The highest BCUT2D eigenvalue weighted by molar-refractivity contribution is 6.30. The monoisotopic (exact) mass is 192 g/mol. The fraction of sp³-hybridized carbons (Fsp3) is 0.0909. The molecule has 0 bridgehead atoms. The maximum atomic E-state index is 5.85. The summed E-state index contributed by atoms with van der Waals surface area (Å²) in [4.78, 5) is 0. The van der Waals surface area contributed by atoms with Crippen molar-refractivity contribution in [3.05, 3.63) is 59.0 Å². The fourth-order valence-electron chi connectivity index (χ4n) is 1.26. The zero-order valence-corrected chi connectivity index (χ0v) is 7.79. The van der Waals surface area contributed by atoms with Gasteiger partial charge in [-0.3, -0.25) is 0 Å². The molecule has 0 spiro atoms. The van der Waals surface area contributed by atoms with Crippen LogP contribution in [0.4, 0.5) is 0 Å². The SMILES string of the molecule is Clc1cccc(Cc2ccco2)c1. The van der Waals surface area contributed by atoms with Gasteiger partial charge >= 0.3 is 0 Å². The third-order valence-electron chi connectivity index (χ3n) is 1.85. The molecule has 1 heterocycles. The Hall–Kier alpha value is -1.21. The van der Waals surface area contributed by atoms with Crippen LogP contribution >= 0.6 is 11.6 Å². The van der Waals surface area contributed by atoms with Crippen molar-refractivity contribution in [2.24, 2.45) is 0 Å². The van der Waals surface area contributed by atoms with E-state index >= 15 is 0 Å². The van der Waals surface area contributed by atoms with Crippen LogP contribution in [0, 0.1) is 0 Å². The lowest BCUT2D eigenvalue weighted by atomic mass is 10.1. The molecule has 0 saturated heterocycles. The molecular weight excluding hydrogens is 184 g/mol. The van der Waals surface area contributed by atoms with Gasteiger partial charge in [-0.15, -0.1) is 0 Å². The maximum Gasteiger partial charge on any atom is 0.108 e. The molecule has 0 aliphatic heterocycles. The van der Waals surface area contributed by atoms with Crippen LogP contribution in [-0.2, 0) is 6.42 Å². The van der Waals surface area contributed by atoms with Gasteiger partial charge in [0.15, 0.2) is 0 Å². The van der Waals surface area contributed by atoms with Gasteiger partial charge in [0.05, 0.1) is 6.26 Å². The Balaban J connectivity index is 2.19. The molecule has 1 aromatic carbocycles. The van der Waals surface area contributed by atoms with Crippen LogP contribution in [-0.4, -0.2) is 0 Å². The quantitative estimate of drug-likeness (QED) is 0.710. The van der Waals surface area contributed by atoms with Crippen LogP contribution in [0.15, 0.2) is 47.1 Å². The molecule has 0 unspecified atom stereocenters. The van der Waals surface area contributed by atoms with Crippen LogP contribution in [0.1, 0.15) is 11.3 Å². The van der Waals surface area contributed by atoms with Gasteiger partial charge in [0.25, 0.3) is 0 Å². The Morgan fingerprint density at radius 1 is 1.15 bits per heavy atom. The second kappa shape index (κ2) is 3.67. The smallest absolute Gasteiger partial charge is 0.108 e. The first-order valence-electron chi connectivity index (χ1n) is 4.11. The lowest BCUT2D eigenvalue weighted by Crippen LogP contribution is -1.84. The van der Waals surface area contributed by atoms with E-state index in [1.165, 1.54) is 5.56 Å². The van der Waals surface area contributed by atoms with E-state index in [1.54, 1.807) is 6.26 Å². The Morgan fingerprint density at radius 2 is 2.08 bits per heavy atom. The van der Waals surface area contributed by atoms with E-state index in [0.29, 0.717) is 0 Å². The highest BCUT2D eigenvalue weighted by Crippen LogP contribution is 2.14. The van der Waals surface area contributed by atoms with Crippen molar-refractivity contribution in [1.29, 1.82) is 0 Å². The summed E-state index contributed by atoms with van der Waals surface area (Å²) >= 11 is 5.85. The molecule has 0 radical (unpaired) electrons. The van der Waals surface area contributed by atoms with Crippen molar-refractivity contribution in [1.82, 2.24) is 0 Å². The van der Waals surface area contributed by atoms with Crippen LogP contribution in [0.3, 0.4) is 0 Å². The molecule has 2 aromatic rings. The van der Waals surface area contributed by atoms with Gasteiger partial charge in [0.1, 0.15) is 5.76 Å². The van der Waals surface area contributed by atoms with E-state index in [0.717, 1.165) is 17.2 Å². The molecule has 2 rings (SSSR count). The zero-order valence-electron chi connectivity index (χ0n) is 7.03. The Morgan fingerprint density at radius 3 is 2.77 bits per heavy atom. The molecule has 13 heavy (non-hydrogen) atoms. The van der Waals surface area contributed by atoms with Gasteiger partial charge in [-0.1, -0.05) is 23.7 Å². The summed E-state index contributed by atoms with van der Waals surface area (Å²) in [7, 11) is 0. The lowest BCUT2D eigenvalue weighted by Gasteiger charge is -1.98. The summed E-state index contributed by atoms with van der Waals surface area (Å²) in [6.45, 7) is 0. The van der Waals surface area contributed by atoms with E-state index in [-0.39, 0.29) is 0 Å². The predicted octanol–water partition coefficient (Wildman–Crippen LogP) is 3.52. The standard InChI is InChI=1S/C11H9ClO/c12-10-4-1-3-9(7-10)8-11-5-2-6-13-11/h1-7H,8H2. The topological polar surface area (TPSA) is 13.1 Å². The van der Waals surface area contributed by atoms with Gasteiger partial charge in [-0.25, -0.2) is 0 Å². The summed E-state index contributed by atoms with van der Waals surface area (Å²) in [5, 5.41) is 0.768. The molecular formula is C11H9ClO. The van der Waals surface area contributed by atoms with Crippen molar-refractivity contribution in [3.63, 3.8) is 0 Å². The number of halogens is 1. The molecule has 2 heteroatoms. The van der Waals surface area contributed by atoms with Crippen molar-refractivity contribution in [3.8, 4) is 0 Å². The fourth-order valence-corrected chi connectivity index (χ4v) is 1.47. The van der Waals surface area contributed by atoms with Gasteiger partial charge in [0, 0.05) is 11.4 Å². The summed E-state index contributed by atoms with van der Waals surface area (Å²) in [5.74, 6) is 0.960. The van der Waals surface area contributed by atoms with Gasteiger partial charge in [-0.05, 0) is 29.8 Å². The first-order valence-corrected chi connectivity index (χ1v) is 4.49. The third kappa shape index (κ3) is 2.13. The van der Waals surface area contributed by atoms with Gasteiger partial charge < -0.3 is 4.42 Å². The van der Waals surface area contributed by atoms with Crippen LogP contribution in [0.5, 0.6) is 0 Å². The largest absolute Gasteiger partial charge is 0.469 e. The zero-order chi connectivity index (χ0) is 9.10. The second-order valence-electron chi connectivity index (χ2n) is 2.89. The molecule has 1 nitrogen and oxygen atoms in total. The van der Waals surface area contributed by atoms with Crippen molar-refractivity contribution in [2.45, 2.75) is 6.42 Å². The average Bonchev–Trinajstić information content (AvgIpc) is 2.57. The maximum absolute atomic E-state index is 5.85. The van der Waals surface area contributed by atoms with E-state index in [4.69, 9.17) is 16.0 Å². The first kappa shape index (κ1) is 8.39. The van der Waals surface area contributed by atoms with Crippen LogP contribution < -0.4 is 0 Å². The van der Waals surface area contributed by atoms with Crippen molar-refractivity contribution < 1.29 is 4.42 Å². The minimum Gasteiger partial charge on any atom is -0.469 e. The molecule has 0 saturated carbocycles. The number of hydrogen-bond acceptors (Lipinski definition) is 1. The number of hydrogen-bond donors (Lipinski definition) is 0. The number of furan rings is 1. The molecule has 0 amide bonds. The minimum absolute atomic E-state index is 0.768. The average molecular weight is 193 g/mol. The van der Waals surface area contributed by atoms with Crippen molar-refractivity contribution >= 4 is 11.6 Å². The molecule has 66 valence electrons. The minimum atomic E-state index is 0.768. The second-order valence-corrected chi connectivity index (χ2v) is 3.32. The van der Waals surface area contributed by atoms with E-state index in [9.17, 15) is 0 Å². The molecule has 0 fully saturated rings. The third-order valence-corrected chi connectivity index (χ3v) is 2.08. The summed E-state index contributed by atoms with van der Waals surface area (Å²) in [5.41, 5.74) is 1.17. The highest BCUT2D eigenvalue weighted by atomic mass is 35.5. The van der Waals surface area contributed by atoms with E-state index in [1.807, 2.05) is 36.4 Å². The van der Waals surface area contributed by atoms with Crippen LogP contribution in [0.25, 0.3) is 0 Å². The summed E-state index contributed by atoms with van der Waals surface area (Å²) in [6, 6.07) is 11.6. The molecule has 0 atom stereocenters. The Labute approximate surface area is 82.0 Å². The van der Waals surface area contributed by atoms with Crippen LogP contribution in [0.2, 0.25) is 5.02 Å². The van der Waals surface area contributed by atoms with Crippen molar-refractivity contribution in [2.75, 3.05) is 0 Å². The molecule has 0 aliphatic rings. The lowest BCUT2D eigenvalue weighted by molar-refractivity contribution is 0.521. The predicted molar refractivity (Wildman–Crippen MR) is 53.0 cm³/mol. The number of benzene rings is 1. The Bertz CT molecular complexity index is 379. The van der Waals surface area contributed by atoms with Gasteiger partial charge in [-0.2, -0.15) is 0 Å². The van der Waals surface area contributed by atoms with E-state index in [2.05, 4.69) is 0 Å². The first-order chi connectivity index (χ1) is 6.34.